The number of rotatable bonds is 7. The van der Waals surface area contributed by atoms with Gasteiger partial charge >= 0.3 is 5.97 Å². The van der Waals surface area contributed by atoms with Crippen LogP contribution in [0.1, 0.15) is 46.4 Å². The summed E-state index contributed by atoms with van der Waals surface area (Å²) in [5.41, 5.74) is 4.60. The van der Waals surface area contributed by atoms with Crippen molar-refractivity contribution in [1.82, 2.24) is 14.5 Å². The first-order chi connectivity index (χ1) is 20.0. The van der Waals surface area contributed by atoms with Gasteiger partial charge in [0.05, 0.1) is 52.7 Å². The minimum Gasteiger partial charge on any atom is -0.485 e. The van der Waals surface area contributed by atoms with Gasteiger partial charge in [-0.2, -0.15) is 0 Å². The summed E-state index contributed by atoms with van der Waals surface area (Å²) in [6.07, 6.45) is 5.84. The number of benzene rings is 2. The number of fused-ring (bicyclic) bond motifs is 2. The summed E-state index contributed by atoms with van der Waals surface area (Å²) in [6.45, 7) is 2.17. The number of para-hydroxylation sites is 1. The maximum absolute atomic E-state index is 11.6. The molecule has 0 spiro atoms. The van der Waals surface area contributed by atoms with E-state index in [4.69, 9.17) is 35.5 Å². The van der Waals surface area contributed by atoms with Crippen LogP contribution in [0.25, 0.3) is 16.6 Å². The second kappa shape index (κ2) is 10.8. The van der Waals surface area contributed by atoms with E-state index in [9.17, 15) is 9.90 Å². The molecule has 0 saturated carbocycles. The van der Waals surface area contributed by atoms with Crippen LogP contribution in [0.3, 0.4) is 0 Å². The Balaban J connectivity index is 1.09. The number of aromatic nitrogens is 3. The third-order valence-electron chi connectivity index (χ3n) is 7.82. The predicted molar refractivity (Wildman–Crippen MR) is 152 cm³/mol. The van der Waals surface area contributed by atoms with Gasteiger partial charge < -0.3 is 28.6 Å². The van der Waals surface area contributed by atoms with Crippen LogP contribution in [0, 0.1) is 0 Å². The van der Waals surface area contributed by atoms with Gasteiger partial charge in [0.25, 0.3) is 0 Å². The van der Waals surface area contributed by atoms with Crippen LogP contribution >= 0.6 is 11.6 Å². The predicted octanol–water partition coefficient (Wildman–Crippen LogP) is 5.50. The molecule has 4 aromatic rings. The Labute approximate surface area is 241 Å². The highest BCUT2D eigenvalue weighted by molar-refractivity contribution is 6.30. The van der Waals surface area contributed by atoms with E-state index in [0.717, 1.165) is 46.7 Å². The summed E-state index contributed by atoms with van der Waals surface area (Å²) in [5.74, 6) is 1.30. The molecule has 0 bridgehead atoms. The molecular formula is C31H28ClN3O6. The fourth-order valence-corrected chi connectivity index (χ4v) is 5.63. The third-order valence-corrected chi connectivity index (χ3v) is 8.04. The maximum atomic E-state index is 11.6. The van der Waals surface area contributed by atoms with Gasteiger partial charge in [0.15, 0.2) is 17.6 Å². The number of aromatic carboxylic acids is 1. The van der Waals surface area contributed by atoms with E-state index < -0.39 is 5.97 Å². The van der Waals surface area contributed by atoms with Crippen LogP contribution in [0.4, 0.5) is 0 Å². The van der Waals surface area contributed by atoms with E-state index >= 15 is 0 Å². The Morgan fingerprint density at radius 2 is 2.02 bits per heavy atom. The zero-order chi connectivity index (χ0) is 27.9. The van der Waals surface area contributed by atoms with Crippen molar-refractivity contribution in [3.63, 3.8) is 0 Å². The van der Waals surface area contributed by atoms with Crippen molar-refractivity contribution in [2.75, 3.05) is 19.8 Å². The summed E-state index contributed by atoms with van der Waals surface area (Å²) in [5, 5.41) is 10.1. The summed E-state index contributed by atoms with van der Waals surface area (Å²) in [6, 6.07) is 14.6. The number of carbonyl (C=O) groups is 1. The van der Waals surface area contributed by atoms with Crippen molar-refractivity contribution >= 4 is 34.2 Å². The average Bonchev–Trinajstić information content (AvgIpc) is 3.31. The van der Waals surface area contributed by atoms with Crippen LogP contribution in [0.15, 0.2) is 60.8 Å². The largest absolute Gasteiger partial charge is 0.485 e. The van der Waals surface area contributed by atoms with Gasteiger partial charge in [0, 0.05) is 24.8 Å². The number of nitrogens with zero attached hydrogens (tertiary/aromatic N) is 3. The van der Waals surface area contributed by atoms with Crippen LogP contribution in [-0.4, -0.2) is 57.6 Å². The van der Waals surface area contributed by atoms with Crippen molar-refractivity contribution in [2.45, 2.75) is 44.1 Å². The molecule has 10 heteroatoms. The van der Waals surface area contributed by atoms with Gasteiger partial charge in [0.2, 0.25) is 0 Å². The first-order valence-corrected chi connectivity index (χ1v) is 14.1. The fraction of sp³-hybridized carbons (Fsp3) is 0.323. The lowest BCUT2D eigenvalue weighted by atomic mass is 9.99. The molecule has 1 saturated heterocycles. The molecule has 1 fully saturated rings. The van der Waals surface area contributed by atoms with Crippen molar-refractivity contribution in [2.24, 2.45) is 0 Å². The van der Waals surface area contributed by atoms with Crippen molar-refractivity contribution in [3.05, 3.63) is 88.5 Å². The lowest BCUT2D eigenvalue weighted by Gasteiger charge is -2.30. The first kappa shape index (κ1) is 26.0. The Morgan fingerprint density at radius 1 is 1.12 bits per heavy atom. The van der Waals surface area contributed by atoms with Crippen LogP contribution < -0.4 is 9.47 Å². The van der Waals surface area contributed by atoms with Gasteiger partial charge in [-0.05, 0) is 54.8 Å². The van der Waals surface area contributed by atoms with Crippen LogP contribution in [0.5, 0.6) is 11.5 Å². The van der Waals surface area contributed by atoms with Gasteiger partial charge in [-0.1, -0.05) is 29.8 Å². The van der Waals surface area contributed by atoms with Gasteiger partial charge in [-0.3, -0.25) is 4.98 Å². The highest BCUT2D eigenvalue weighted by Crippen LogP contribution is 2.42. The number of hydrogen-bond donors (Lipinski definition) is 1. The molecule has 3 aliphatic rings. The number of ether oxygens (including phenoxy) is 4. The number of halogens is 1. The number of carboxylic acids is 1. The molecule has 0 aliphatic carbocycles. The van der Waals surface area contributed by atoms with E-state index in [1.807, 2.05) is 24.3 Å². The van der Waals surface area contributed by atoms with Gasteiger partial charge in [-0.25, -0.2) is 9.78 Å². The lowest BCUT2D eigenvalue weighted by molar-refractivity contribution is -0.0592. The lowest BCUT2D eigenvalue weighted by Crippen LogP contribution is -2.32. The molecule has 9 nitrogen and oxygen atoms in total. The molecule has 2 aromatic carbocycles. The SMILES string of the molecule is O=C(O)c1ccc2nc(CC3CC=C(c4cccc5c4OCC(c4ccc(Cl)cn4)O5)CO3)n(C[C@@H]3CCO3)c2c1. The second-order valence-electron chi connectivity index (χ2n) is 10.5. The average molecular weight is 574 g/mol. The molecule has 210 valence electrons. The molecular weight excluding hydrogens is 546 g/mol. The molecule has 2 aromatic heterocycles. The zero-order valence-corrected chi connectivity index (χ0v) is 22.9. The van der Waals surface area contributed by atoms with Gasteiger partial charge in [0.1, 0.15) is 12.4 Å². The van der Waals surface area contributed by atoms with E-state index in [1.165, 1.54) is 0 Å². The van der Waals surface area contributed by atoms with Crippen molar-refractivity contribution < 1.29 is 28.8 Å². The first-order valence-electron chi connectivity index (χ1n) is 13.7. The minimum absolute atomic E-state index is 0.0624. The van der Waals surface area contributed by atoms with Crippen LogP contribution in [0.2, 0.25) is 5.02 Å². The normalized spacial score (nSPS) is 21.8. The summed E-state index contributed by atoms with van der Waals surface area (Å²) >= 11 is 5.98. The summed E-state index contributed by atoms with van der Waals surface area (Å²) in [4.78, 5) is 20.8. The number of hydrogen-bond acceptors (Lipinski definition) is 7. The van der Waals surface area contributed by atoms with E-state index in [2.05, 4.69) is 15.6 Å². The van der Waals surface area contributed by atoms with Crippen molar-refractivity contribution in [1.29, 1.82) is 0 Å². The molecule has 0 amide bonds. The Bertz CT molecular complexity index is 1650. The topological polar surface area (TPSA) is 105 Å². The maximum Gasteiger partial charge on any atom is 0.335 e. The quantitative estimate of drug-likeness (QED) is 0.309. The third kappa shape index (κ3) is 5.16. The number of pyridine rings is 1. The molecule has 0 radical (unpaired) electrons. The Morgan fingerprint density at radius 3 is 2.76 bits per heavy atom. The molecule has 7 rings (SSSR count). The molecule has 2 unspecified atom stereocenters. The molecule has 41 heavy (non-hydrogen) atoms. The molecule has 1 N–H and O–H groups in total. The molecule has 3 atom stereocenters. The fourth-order valence-electron chi connectivity index (χ4n) is 5.52. The monoisotopic (exact) mass is 573 g/mol. The smallest absolute Gasteiger partial charge is 0.335 e. The highest BCUT2D eigenvalue weighted by atomic mass is 35.5. The van der Waals surface area contributed by atoms with Crippen molar-refractivity contribution in [3.8, 4) is 11.5 Å². The van der Waals surface area contributed by atoms with E-state index in [0.29, 0.717) is 49.1 Å². The Hall–Kier alpha value is -3.92. The Kier molecular flexibility index (Phi) is 6.86. The molecule has 3 aliphatic heterocycles. The molecule has 5 heterocycles. The summed E-state index contributed by atoms with van der Waals surface area (Å²) < 4.78 is 26.6. The minimum atomic E-state index is -0.955. The van der Waals surface area contributed by atoms with E-state index in [1.54, 1.807) is 30.5 Å². The zero-order valence-electron chi connectivity index (χ0n) is 22.2. The second-order valence-corrected chi connectivity index (χ2v) is 10.9. The number of imidazole rings is 1. The van der Waals surface area contributed by atoms with E-state index in [-0.39, 0.29) is 23.9 Å². The van der Waals surface area contributed by atoms with Gasteiger partial charge in [-0.15, -0.1) is 0 Å². The number of carboxylic acid groups (broad SMARTS) is 1. The van der Waals surface area contributed by atoms with Crippen LogP contribution in [-0.2, 0) is 22.4 Å². The standard InChI is InChI=1S/C31H28ClN3O6/c32-20-6-9-25(33-14-20)28-17-40-30-23(2-1-3-27(30)41-28)19-4-7-21(39-16-19)13-29-34-24-8-5-18(31(36)37)12-26(24)35(29)15-22-10-11-38-22/h1-6,8-9,12,14,21-22,28H,7,10-11,13,15-17H2,(H,36,37)/t21?,22-,28?/m0/s1. The summed E-state index contributed by atoms with van der Waals surface area (Å²) in [7, 11) is 0. The highest BCUT2D eigenvalue weighted by Gasteiger charge is 2.29.